The summed E-state index contributed by atoms with van der Waals surface area (Å²) in [5.41, 5.74) is -0.408. The Bertz CT molecular complexity index is 845. The predicted molar refractivity (Wildman–Crippen MR) is 98.7 cm³/mol. The second kappa shape index (κ2) is 7.88. The molecule has 140 valence electrons. The molecule has 0 aromatic heterocycles. The molecule has 0 unspecified atom stereocenters. The van der Waals surface area contributed by atoms with Gasteiger partial charge in [-0.2, -0.15) is 0 Å². The molecule has 2 aromatic carbocycles. The Kier molecular flexibility index (Phi) is 6.05. The molecule has 0 fully saturated rings. The molecule has 2 rings (SSSR count). The number of nitrogens with one attached hydrogen (secondary N) is 1. The SMILES string of the molecule is C[C@@H](Cc1ccc(OC(C)(C)C(=O)O)cc1)NS(=O)(=O)c1ccccc1. The van der Waals surface area contributed by atoms with Gasteiger partial charge in [0.2, 0.25) is 10.0 Å². The highest BCUT2D eigenvalue weighted by atomic mass is 32.2. The van der Waals surface area contributed by atoms with Gasteiger partial charge in [0.25, 0.3) is 0 Å². The van der Waals surface area contributed by atoms with Gasteiger partial charge in [0.05, 0.1) is 4.90 Å². The van der Waals surface area contributed by atoms with Crippen LogP contribution in [0.1, 0.15) is 26.3 Å². The first kappa shape index (κ1) is 19.9. The fourth-order valence-electron chi connectivity index (χ4n) is 2.36. The zero-order chi connectivity index (χ0) is 19.4. The average Bonchev–Trinajstić information content (AvgIpc) is 2.56. The monoisotopic (exact) mass is 377 g/mol. The maximum absolute atomic E-state index is 12.3. The number of rotatable bonds is 8. The third-order valence-corrected chi connectivity index (χ3v) is 5.37. The van der Waals surface area contributed by atoms with Gasteiger partial charge in [-0.25, -0.2) is 17.9 Å². The van der Waals surface area contributed by atoms with Crippen LogP contribution in [-0.4, -0.2) is 31.1 Å². The molecule has 0 saturated heterocycles. The molecule has 0 heterocycles. The van der Waals surface area contributed by atoms with E-state index in [0.717, 1.165) is 5.56 Å². The van der Waals surface area contributed by atoms with Gasteiger partial charge in [0, 0.05) is 6.04 Å². The van der Waals surface area contributed by atoms with Crippen LogP contribution in [0.15, 0.2) is 59.5 Å². The summed E-state index contributed by atoms with van der Waals surface area (Å²) < 4.78 is 32.7. The first-order chi connectivity index (χ1) is 12.1. The van der Waals surface area contributed by atoms with Crippen molar-refractivity contribution in [2.75, 3.05) is 0 Å². The number of carboxylic acid groups (broad SMARTS) is 1. The number of hydrogen-bond donors (Lipinski definition) is 2. The molecule has 26 heavy (non-hydrogen) atoms. The largest absolute Gasteiger partial charge is 0.478 e. The van der Waals surface area contributed by atoms with Crippen LogP contribution in [0.25, 0.3) is 0 Å². The average molecular weight is 377 g/mol. The van der Waals surface area contributed by atoms with E-state index in [1.165, 1.54) is 13.8 Å². The van der Waals surface area contributed by atoms with Crippen molar-refractivity contribution < 1.29 is 23.1 Å². The van der Waals surface area contributed by atoms with Gasteiger partial charge in [-0.3, -0.25) is 0 Å². The molecule has 0 aliphatic rings. The summed E-state index contributed by atoms with van der Waals surface area (Å²) in [6, 6.07) is 14.8. The minimum Gasteiger partial charge on any atom is -0.478 e. The highest BCUT2D eigenvalue weighted by Crippen LogP contribution is 2.20. The van der Waals surface area contributed by atoms with Crippen LogP contribution in [0, 0.1) is 0 Å². The van der Waals surface area contributed by atoms with E-state index in [2.05, 4.69) is 4.72 Å². The number of sulfonamides is 1. The third-order valence-electron chi connectivity index (χ3n) is 3.76. The lowest BCUT2D eigenvalue weighted by atomic mass is 10.1. The van der Waals surface area contributed by atoms with Crippen molar-refractivity contribution in [3.63, 3.8) is 0 Å². The molecule has 0 bridgehead atoms. The van der Waals surface area contributed by atoms with Gasteiger partial charge in [0.15, 0.2) is 5.60 Å². The van der Waals surface area contributed by atoms with Crippen molar-refractivity contribution in [1.82, 2.24) is 4.72 Å². The molecule has 6 nitrogen and oxygen atoms in total. The zero-order valence-corrected chi connectivity index (χ0v) is 15.8. The van der Waals surface area contributed by atoms with E-state index in [-0.39, 0.29) is 10.9 Å². The predicted octanol–water partition coefficient (Wildman–Crippen LogP) is 2.84. The van der Waals surface area contributed by atoms with Gasteiger partial charge in [-0.1, -0.05) is 30.3 Å². The van der Waals surface area contributed by atoms with Gasteiger partial charge in [0.1, 0.15) is 5.75 Å². The van der Waals surface area contributed by atoms with Crippen molar-refractivity contribution in [2.45, 2.75) is 43.7 Å². The Hall–Kier alpha value is -2.38. The smallest absolute Gasteiger partial charge is 0.347 e. The fourth-order valence-corrected chi connectivity index (χ4v) is 3.62. The van der Waals surface area contributed by atoms with E-state index < -0.39 is 21.6 Å². The Morgan fingerprint density at radius 3 is 2.23 bits per heavy atom. The highest BCUT2D eigenvalue weighted by molar-refractivity contribution is 7.89. The molecule has 1 atom stereocenters. The number of benzene rings is 2. The van der Waals surface area contributed by atoms with E-state index >= 15 is 0 Å². The van der Waals surface area contributed by atoms with E-state index in [1.54, 1.807) is 61.5 Å². The Labute approximate surface area is 153 Å². The van der Waals surface area contributed by atoms with Crippen molar-refractivity contribution in [1.29, 1.82) is 0 Å². The molecule has 2 aromatic rings. The maximum Gasteiger partial charge on any atom is 0.347 e. The molecule has 0 spiro atoms. The van der Waals surface area contributed by atoms with Crippen molar-refractivity contribution in [2.24, 2.45) is 0 Å². The number of aliphatic carboxylic acids is 1. The molecule has 0 radical (unpaired) electrons. The summed E-state index contributed by atoms with van der Waals surface area (Å²) in [6.45, 7) is 4.74. The van der Waals surface area contributed by atoms with E-state index in [9.17, 15) is 13.2 Å². The van der Waals surface area contributed by atoms with Crippen LogP contribution < -0.4 is 9.46 Å². The lowest BCUT2D eigenvalue weighted by Crippen LogP contribution is -2.37. The summed E-state index contributed by atoms with van der Waals surface area (Å²) >= 11 is 0. The van der Waals surface area contributed by atoms with Crippen LogP contribution in [-0.2, 0) is 21.2 Å². The van der Waals surface area contributed by atoms with E-state index in [4.69, 9.17) is 9.84 Å². The highest BCUT2D eigenvalue weighted by Gasteiger charge is 2.29. The van der Waals surface area contributed by atoms with E-state index in [0.29, 0.717) is 12.2 Å². The minimum absolute atomic E-state index is 0.228. The normalized spacial score (nSPS) is 13.2. The Morgan fingerprint density at radius 2 is 1.69 bits per heavy atom. The maximum atomic E-state index is 12.3. The van der Waals surface area contributed by atoms with Crippen LogP contribution in [0.3, 0.4) is 0 Å². The lowest BCUT2D eigenvalue weighted by Gasteiger charge is -2.21. The molecule has 0 amide bonds. The quantitative estimate of drug-likeness (QED) is 0.738. The number of carboxylic acids is 1. The third kappa shape index (κ3) is 5.31. The summed E-state index contributed by atoms with van der Waals surface area (Å²) in [7, 11) is -3.56. The van der Waals surface area contributed by atoms with Crippen molar-refractivity contribution in [3.8, 4) is 5.75 Å². The lowest BCUT2D eigenvalue weighted by molar-refractivity contribution is -0.152. The van der Waals surface area contributed by atoms with Crippen molar-refractivity contribution in [3.05, 3.63) is 60.2 Å². The summed E-state index contributed by atoms with van der Waals surface area (Å²) in [6.07, 6.45) is 0.495. The van der Waals surface area contributed by atoms with Crippen molar-refractivity contribution >= 4 is 16.0 Å². The molecule has 7 heteroatoms. The number of hydrogen-bond acceptors (Lipinski definition) is 4. The minimum atomic E-state index is -3.56. The zero-order valence-electron chi connectivity index (χ0n) is 15.0. The van der Waals surface area contributed by atoms with Gasteiger partial charge < -0.3 is 9.84 Å². The number of carbonyl (C=O) groups is 1. The molecule has 2 N–H and O–H groups in total. The molecular weight excluding hydrogens is 354 g/mol. The first-order valence-electron chi connectivity index (χ1n) is 8.19. The Morgan fingerprint density at radius 1 is 1.12 bits per heavy atom. The van der Waals surface area contributed by atoms with E-state index in [1.807, 2.05) is 0 Å². The molecule has 0 saturated carbocycles. The standard InChI is InChI=1S/C19H23NO5S/c1-14(20-26(23,24)17-7-5-4-6-8-17)13-15-9-11-16(12-10-15)25-19(2,3)18(21)22/h4-12,14,20H,13H2,1-3H3,(H,21,22)/t14-/m0/s1. The summed E-state index contributed by atoms with van der Waals surface area (Å²) in [5.74, 6) is -0.607. The second-order valence-corrected chi connectivity index (χ2v) is 8.31. The summed E-state index contributed by atoms with van der Waals surface area (Å²) in [5, 5.41) is 9.09. The molecule has 0 aliphatic carbocycles. The fraction of sp³-hybridized carbons (Fsp3) is 0.316. The molecule has 0 aliphatic heterocycles. The summed E-state index contributed by atoms with van der Waals surface area (Å²) in [4.78, 5) is 11.3. The van der Waals surface area contributed by atoms with Gasteiger partial charge in [-0.15, -0.1) is 0 Å². The Balaban J connectivity index is 1.99. The molecular formula is C19H23NO5S. The first-order valence-corrected chi connectivity index (χ1v) is 9.67. The van der Waals surface area contributed by atoms with Crippen LogP contribution >= 0.6 is 0 Å². The van der Waals surface area contributed by atoms with Gasteiger partial charge in [-0.05, 0) is 57.0 Å². The number of ether oxygens (including phenoxy) is 1. The van der Waals surface area contributed by atoms with Gasteiger partial charge >= 0.3 is 5.97 Å². The van der Waals surface area contributed by atoms with Crippen LogP contribution in [0.2, 0.25) is 0 Å². The van der Waals surface area contributed by atoms with Crippen LogP contribution in [0.4, 0.5) is 0 Å². The second-order valence-electron chi connectivity index (χ2n) is 6.60. The van der Waals surface area contributed by atoms with Crippen LogP contribution in [0.5, 0.6) is 5.75 Å². The topological polar surface area (TPSA) is 92.7 Å².